The Bertz CT molecular complexity index is 1070. The van der Waals surface area contributed by atoms with E-state index in [0.717, 1.165) is 11.3 Å². The molecule has 1 amide bonds. The van der Waals surface area contributed by atoms with Crippen molar-refractivity contribution in [3.05, 3.63) is 95.1 Å². The van der Waals surface area contributed by atoms with E-state index < -0.39 is 0 Å². The standard InChI is InChI=1S/C24H19NO4/c26-22(19-8-12-21-18(14-19)9-13-23(27)25-21)15-29-20-10-6-17(7-11-20)24(28)16-4-2-1-3-5-16/h1-8,10-12,14H,9,13,15H2,(H,25,27). The Balaban J connectivity index is 1.38. The minimum atomic E-state index is -0.144. The number of nitrogens with one attached hydrogen (secondary N) is 1. The summed E-state index contributed by atoms with van der Waals surface area (Å²) in [5.74, 6) is 0.311. The molecule has 0 saturated heterocycles. The van der Waals surface area contributed by atoms with Crippen molar-refractivity contribution < 1.29 is 19.1 Å². The van der Waals surface area contributed by atoms with Crippen molar-refractivity contribution in [2.75, 3.05) is 11.9 Å². The summed E-state index contributed by atoms with van der Waals surface area (Å²) in [7, 11) is 0. The highest BCUT2D eigenvalue weighted by Gasteiger charge is 2.17. The van der Waals surface area contributed by atoms with E-state index in [1.807, 2.05) is 24.3 Å². The third-order valence-electron chi connectivity index (χ3n) is 4.85. The SMILES string of the molecule is O=C1CCc2cc(C(=O)COc3ccc(C(=O)c4ccccc4)cc3)ccc2N1. The number of carbonyl (C=O) groups excluding carboxylic acids is 3. The fourth-order valence-electron chi connectivity index (χ4n) is 3.25. The lowest BCUT2D eigenvalue weighted by Gasteiger charge is -2.17. The number of amides is 1. The molecule has 1 N–H and O–H groups in total. The number of ketones is 2. The molecule has 0 fully saturated rings. The first-order valence-electron chi connectivity index (χ1n) is 9.39. The van der Waals surface area contributed by atoms with E-state index in [9.17, 15) is 14.4 Å². The number of ether oxygens (including phenoxy) is 1. The predicted octanol–water partition coefficient (Wildman–Crippen LogP) is 4.06. The molecule has 0 saturated carbocycles. The van der Waals surface area contributed by atoms with Crippen molar-refractivity contribution in [3.8, 4) is 5.75 Å². The predicted molar refractivity (Wildman–Crippen MR) is 110 cm³/mol. The summed E-state index contributed by atoms with van der Waals surface area (Å²) in [5.41, 5.74) is 3.46. The van der Waals surface area contributed by atoms with Gasteiger partial charge in [0, 0.05) is 28.8 Å². The summed E-state index contributed by atoms with van der Waals surface area (Å²) in [6.45, 7) is -0.100. The van der Waals surface area contributed by atoms with Crippen molar-refractivity contribution in [3.63, 3.8) is 0 Å². The zero-order valence-electron chi connectivity index (χ0n) is 15.7. The average Bonchev–Trinajstić information content (AvgIpc) is 2.77. The number of Topliss-reactive ketones (excluding diaryl/α,β-unsaturated/α-hetero) is 1. The molecule has 1 heterocycles. The topological polar surface area (TPSA) is 72.5 Å². The number of fused-ring (bicyclic) bond motifs is 1. The van der Waals surface area contributed by atoms with Crippen LogP contribution in [-0.2, 0) is 11.2 Å². The van der Waals surface area contributed by atoms with Gasteiger partial charge in [0.2, 0.25) is 5.91 Å². The van der Waals surface area contributed by atoms with Gasteiger partial charge in [-0.15, -0.1) is 0 Å². The first kappa shape index (κ1) is 18.6. The third kappa shape index (κ3) is 4.24. The lowest BCUT2D eigenvalue weighted by Crippen LogP contribution is -2.20. The number of benzene rings is 3. The molecule has 144 valence electrons. The van der Waals surface area contributed by atoms with Crippen LogP contribution in [-0.4, -0.2) is 24.1 Å². The van der Waals surface area contributed by atoms with Crippen LogP contribution in [0.5, 0.6) is 5.75 Å². The van der Waals surface area contributed by atoms with Crippen molar-refractivity contribution in [1.82, 2.24) is 0 Å². The Hall–Kier alpha value is -3.73. The number of rotatable bonds is 6. The van der Waals surface area contributed by atoms with Crippen LogP contribution in [0.2, 0.25) is 0 Å². The number of aryl methyl sites for hydroxylation is 1. The first-order chi connectivity index (χ1) is 14.1. The van der Waals surface area contributed by atoms with Crippen molar-refractivity contribution in [2.45, 2.75) is 12.8 Å². The van der Waals surface area contributed by atoms with Crippen LogP contribution in [0.3, 0.4) is 0 Å². The summed E-state index contributed by atoms with van der Waals surface area (Å²) in [5, 5.41) is 2.80. The second-order valence-electron chi connectivity index (χ2n) is 6.85. The fourth-order valence-corrected chi connectivity index (χ4v) is 3.25. The molecule has 3 aromatic rings. The Labute approximate surface area is 168 Å². The van der Waals surface area contributed by atoms with E-state index in [0.29, 0.717) is 35.3 Å². The first-order valence-corrected chi connectivity index (χ1v) is 9.39. The summed E-state index contributed by atoms with van der Waals surface area (Å²) in [6, 6.07) is 21.1. The maximum absolute atomic E-state index is 12.5. The lowest BCUT2D eigenvalue weighted by molar-refractivity contribution is -0.116. The molecule has 0 atom stereocenters. The van der Waals surface area contributed by atoms with E-state index in [4.69, 9.17) is 4.74 Å². The number of carbonyl (C=O) groups is 3. The van der Waals surface area contributed by atoms with Gasteiger partial charge in [-0.2, -0.15) is 0 Å². The monoisotopic (exact) mass is 385 g/mol. The van der Waals surface area contributed by atoms with E-state index in [1.165, 1.54) is 0 Å². The highest BCUT2D eigenvalue weighted by Crippen LogP contribution is 2.24. The molecule has 4 rings (SSSR count). The number of hydrogen-bond acceptors (Lipinski definition) is 4. The molecule has 0 spiro atoms. The van der Waals surface area contributed by atoms with Gasteiger partial charge in [-0.25, -0.2) is 0 Å². The Kier molecular flexibility index (Phi) is 5.20. The molecule has 5 nitrogen and oxygen atoms in total. The van der Waals surface area contributed by atoms with Crippen molar-refractivity contribution in [2.24, 2.45) is 0 Å². The summed E-state index contributed by atoms with van der Waals surface area (Å²) >= 11 is 0. The van der Waals surface area contributed by atoms with Crippen molar-refractivity contribution in [1.29, 1.82) is 0 Å². The van der Waals surface area contributed by atoms with Gasteiger partial charge in [0.25, 0.3) is 0 Å². The van der Waals surface area contributed by atoms with E-state index >= 15 is 0 Å². The molecule has 0 aliphatic carbocycles. The molecule has 1 aliphatic rings. The van der Waals surface area contributed by atoms with Gasteiger partial charge in [0.05, 0.1) is 0 Å². The second kappa shape index (κ2) is 8.10. The molecular weight excluding hydrogens is 366 g/mol. The smallest absolute Gasteiger partial charge is 0.224 e. The van der Waals surface area contributed by atoms with Crippen molar-refractivity contribution >= 4 is 23.2 Å². The molecule has 5 heteroatoms. The number of anilines is 1. The zero-order chi connectivity index (χ0) is 20.2. The Morgan fingerprint density at radius 1 is 0.828 bits per heavy atom. The van der Waals surface area contributed by atoms with Crippen LogP contribution < -0.4 is 10.1 Å². The summed E-state index contributed by atoms with van der Waals surface area (Å²) in [4.78, 5) is 36.3. The molecular formula is C24H19NO4. The fraction of sp³-hybridized carbons (Fsp3) is 0.125. The minimum Gasteiger partial charge on any atom is -0.485 e. The van der Waals surface area contributed by atoms with Gasteiger partial charge in [-0.05, 0) is 54.4 Å². The van der Waals surface area contributed by atoms with Gasteiger partial charge >= 0.3 is 0 Å². The molecule has 3 aromatic carbocycles. The highest BCUT2D eigenvalue weighted by atomic mass is 16.5. The number of hydrogen-bond donors (Lipinski definition) is 1. The molecule has 29 heavy (non-hydrogen) atoms. The average molecular weight is 385 g/mol. The molecule has 0 bridgehead atoms. The molecule has 0 aromatic heterocycles. The van der Waals surface area contributed by atoms with Gasteiger partial charge in [0.15, 0.2) is 18.2 Å². The Morgan fingerprint density at radius 3 is 2.28 bits per heavy atom. The van der Waals surface area contributed by atoms with Crippen LogP contribution in [0, 0.1) is 0 Å². The van der Waals surface area contributed by atoms with Gasteiger partial charge in [-0.3, -0.25) is 14.4 Å². The third-order valence-corrected chi connectivity index (χ3v) is 4.85. The molecule has 0 radical (unpaired) electrons. The summed E-state index contributed by atoms with van der Waals surface area (Å²) < 4.78 is 5.59. The van der Waals surface area contributed by atoms with E-state index in [-0.39, 0.29) is 24.1 Å². The lowest BCUT2D eigenvalue weighted by atomic mass is 9.99. The maximum Gasteiger partial charge on any atom is 0.224 e. The van der Waals surface area contributed by atoms with Gasteiger partial charge < -0.3 is 10.1 Å². The highest BCUT2D eigenvalue weighted by molar-refractivity contribution is 6.09. The van der Waals surface area contributed by atoms with Crippen LogP contribution >= 0.6 is 0 Å². The van der Waals surface area contributed by atoms with E-state index in [2.05, 4.69) is 5.32 Å². The summed E-state index contributed by atoms with van der Waals surface area (Å²) in [6.07, 6.45) is 1.05. The molecule has 0 unspecified atom stereocenters. The van der Waals surface area contributed by atoms with Crippen LogP contribution in [0.25, 0.3) is 0 Å². The Morgan fingerprint density at radius 2 is 1.52 bits per heavy atom. The maximum atomic E-state index is 12.5. The van der Waals surface area contributed by atoms with Gasteiger partial charge in [-0.1, -0.05) is 30.3 Å². The van der Waals surface area contributed by atoms with Crippen LogP contribution in [0.1, 0.15) is 38.3 Å². The van der Waals surface area contributed by atoms with E-state index in [1.54, 1.807) is 48.5 Å². The zero-order valence-corrected chi connectivity index (χ0v) is 15.7. The largest absolute Gasteiger partial charge is 0.485 e. The van der Waals surface area contributed by atoms with Crippen LogP contribution in [0.15, 0.2) is 72.8 Å². The quantitative estimate of drug-likeness (QED) is 0.650. The second-order valence-corrected chi connectivity index (χ2v) is 6.85. The minimum absolute atomic E-state index is 0.00546. The van der Waals surface area contributed by atoms with Crippen LogP contribution in [0.4, 0.5) is 5.69 Å². The van der Waals surface area contributed by atoms with Gasteiger partial charge in [0.1, 0.15) is 5.75 Å². The molecule has 1 aliphatic heterocycles. The normalized spacial score (nSPS) is 12.6.